The Balaban J connectivity index is 1.89. The SMILES string of the molecule is CCCCOc1ccc(C(=O)N2C[C@H](C(=O)NC)Oc3ccccc32)cc1OC. The van der Waals surface area contributed by atoms with Crippen LogP contribution in [0.5, 0.6) is 17.2 Å². The third-order valence-electron chi connectivity index (χ3n) is 4.72. The van der Waals surface area contributed by atoms with Crippen LogP contribution < -0.4 is 24.4 Å². The first-order valence-corrected chi connectivity index (χ1v) is 9.69. The summed E-state index contributed by atoms with van der Waals surface area (Å²) >= 11 is 0. The highest BCUT2D eigenvalue weighted by Gasteiger charge is 2.34. The average molecular weight is 398 g/mol. The molecule has 7 heteroatoms. The van der Waals surface area contributed by atoms with Gasteiger partial charge >= 0.3 is 0 Å². The van der Waals surface area contributed by atoms with E-state index in [1.54, 1.807) is 55.5 Å². The molecule has 0 aromatic heterocycles. The summed E-state index contributed by atoms with van der Waals surface area (Å²) in [6, 6.07) is 12.3. The fourth-order valence-electron chi connectivity index (χ4n) is 3.13. The molecule has 7 nitrogen and oxygen atoms in total. The Hall–Kier alpha value is -3.22. The summed E-state index contributed by atoms with van der Waals surface area (Å²) < 4.78 is 16.9. The minimum atomic E-state index is -0.780. The smallest absolute Gasteiger partial charge is 0.262 e. The van der Waals surface area contributed by atoms with E-state index in [0.29, 0.717) is 35.1 Å². The number of likely N-dealkylation sites (N-methyl/N-ethyl adjacent to an activating group) is 1. The van der Waals surface area contributed by atoms with Crippen LogP contribution in [0.4, 0.5) is 5.69 Å². The van der Waals surface area contributed by atoms with Crippen LogP contribution in [0.25, 0.3) is 0 Å². The number of hydrogen-bond acceptors (Lipinski definition) is 5. The summed E-state index contributed by atoms with van der Waals surface area (Å²) in [5.41, 5.74) is 1.07. The molecule has 0 saturated heterocycles. The first-order valence-electron chi connectivity index (χ1n) is 9.69. The molecule has 0 unspecified atom stereocenters. The largest absolute Gasteiger partial charge is 0.493 e. The summed E-state index contributed by atoms with van der Waals surface area (Å²) in [6.07, 6.45) is 1.19. The van der Waals surface area contributed by atoms with Gasteiger partial charge < -0.3 is 24.4 Å². The summed E-state index contributed by atoms with van der Waals surface area (Å²) in [4.78, 5) is 27.0. The lowest BCUT2D eigenvalue weighted by Crippen LogP contribution is -2.50. The van der Waals surface area contributed by atoms with Gasteiger partial charge in [-0.05, 0) is 36.8 Å². The molecule has 154 valence electrons. The minimum absolute atomic E-state index is 0.118. The van der Waals surface area contributed by atoms with Gasteiger partial charge in [0.25, 0.3) is 11.8 Å². The van der Waals surface area contributed by atoms with E-state index in [2.05, 4.69) is 12.2 Å². The van der Waals surface area contributed by atoms with Gasteiger partial charge in [-0.25, -0.2) is 0 Å². The summed E-state index contributed by atoms with van der Waals surface area (Å²) in [6.45, 7) is 2.80. The van der Waals surface area contributed by atoms with Crippen LogP contribution in [-0.4, -0.2) is 45.2 Å². The van der Waals surface area contributed by atoms with E-state index in [-0.39, 0.29) is 18.4 Å². The van der Waals surface area contributed by atoms with Crippen LogP contribution in [-0.2, 0) is 4.79 Å². The molecule has 1 aliphatic rings. The van der Waals surface area contributed by atoms with Gasteiger partial charge in [-0.1, -0.05) is 25.5 Å². The molecule has 3 rings (SSSR count). The van der Waals surface area contributed by atoms with E-state index in [9.17, 15) is 9.59 Å². The molecule has 2 aromatic carbocycles. The van der Waals surface area contributed by atoms with Crippen LogP contribution in [0.3, 0.4) is 0 Å². The Kier molecular flexibility index (Phi) is 6.59. The Bertz CT molecular complexity index is 883. The molecule has 1 N–H and O–H groups in total. The van der Waals surface area contributed by atoms with Gasteiger partial charge in [0.2, 0.25) is 0 Å². The van der Waals surface area contributed by atoms with Gasteiger partial charge in [0.15, 0.2) is 17.6 Å². The number of benzene rings is 2. The zero-order valence-corrected chi connectivity index (χ0v) is 16.9. The van der Waals surface area contributed by atoms with E-state index in [1.165, 1.54) is 0 Å². The third-order valence-corrected chi connectivity index (χ3v) is 4.72. The Labute approximate surface area is 170 Å². The van der Waals surface area contributed by atoms with Crippen molar-refractivity contribution in [2.45, 2.75) is 25.9 Å². The molecule has 0 bridgehead atoms. The van der Waals surface area contributed by atoms with Gasteiger partial charge in [0, 0.05) is 12.6 Å². The van der Waals surface area contributed by atoms with E-state index < -0.39 is 6.10 Å². The molecule has 0 aliphatic carbocycles. The lowest BCUT2D eigenvalue weighted by atomic mass is 10.1. The van der Waals surface area contributed by atoms with Crippen LogP contribution in [0.1, 0.15) is 30.1 Å². The number of ether oxygens (including phenoxy) is 3. The Morgan fingerprint density at radius 1 is 1.21 bits per heavy atom. The predicted molar refractivity (Wildman–Crippen MR) is 110 cm³/mol. The number of nitrogens with one attached hydrogen (secondary N) is 1. The molecule has 1 atom stereocenters. The van der Waals surface area contributed by atoms with Crippen molar-refractivity contribution in [3.05, 3.63) is 48.0 Å². The zero-order chi connectivity index (χ0) is 20.8. The number of unbranched alkanes of at least 4 members (excludes halogenated alkanes) is 1. The Morgan fingerprint density at radius 2 is 2.00 bits per heavy atom. The van der Waals surface area contributed by atoms with Crippen molar-refractivity contribution in [1.82, 2.24) is 5.32 Å². The van der Waals surface area contributed by atoms with E-state index in [0.717, 1.165) is 12.8 Å². The highest BCUT2D eigenvalue weighted by molar-refractivity contribution is 6.08. The van der Waals surface area contributed by atoms with Crippen LogP contribution >= 0.6 is 0 Å². The topological polar surface area (TPSA) is 77.1 Å². The zero-order valence-electron chi connectivity index (χ0n) is 16.9. The third kappa shape index (κ3) is 4.45. The normalized spacial score (nSPS) is 15.1. The molecule has 0 fully saturated rings. The summed E-state index contributed by atoms with van der Waals surface area (Å²) in [7, 11) is 3.09. The van der Waals surface area contributed by atoms with Gasteiger partial charge in [-0.15, -0.1) is 0 Å². The van der Waals surface area contributed by atoms with Gasteiger partial charge in [-0.2, -0.15) is 0 Å². The number of rotatable bonds is 7. The van der Waals surface area contributed by atoms with Crippen molar-refractivity contribution in [3.8, 4) is 17.2 Å². The summed E-state index contributed by atoms with van der Waals surface area (Å²) in [5, 5.41) is 2.58. The quantitative estimate of drug-likeness (QED) is 0.726. The molecule has 29 heavy (non-hydrogen) atoms. The van der Waals surface area contributed by atoms with Crippen molar-refractivity contribution in [3.63, 3.8) is 0 Å². The monoisotopic (exact) mass is 398 g/mol. The molecule has 2 amide bonds. The maximum Gasteiger partial charge on any atom is 0.262 e. The lowest BCUT2D eigenvalue weighted by Gasteiger charge is -2.34. The molecule has 2 aromatic rings. The van der Waals surface area contributed by atoms with Crippen LogP contribution in [0.2, 0.25) is 0 Å². The van der Waals surface area contributed by atoms with Crippen molar-refractivity contribution >= 4 is 17.5 Å². The fraction of sp³-hybridized carbons (Fsp3) is 0.364. The van der Waals surface area contributed by atoms with Crippen LogP contribution in [0.15, 0.2) is 42.5 Å². The number of para-hydroxylation sites is 2. The number of carbonyl (C=O) groups excluding carboxylic acids is 2. The predicted octanol–water partition coefficient (Wildman–Crippen LogP) is 3.03. The second-order valence-corrected chi connectivity index (χ2v) is 6.67. The highest BCUT2D eigenvalue weighted by Crippen LogP contribution is 2.35. The molecular formula is C22H26N2O5. The highest BCUT2D eigenvalue weighted by atomic mass is 16.5. The number of nitrogens with zero attached hydrogens (tertiary/aromatic N) is 1. The number of fused-ring (bicyclic) bond motifs is 1. The fourth-order valence-corrected chi connectivity index (χ4v) is 3.13. The standard InChI is InChI=1S/C22H26N2O5/c1-4-5-12-28-18-11-10-15(13-19(18)27-3)22(26)24-14-20(21(25)23-2)29-17-9-7-6-8-16(17)24/h6-11,13,20H,4-5,12,14H2,1-3H3,(H,23,25)/t20-/m1/s1. The van der Waals surface area contributed by atoms with Crippen molar-refractivity contribution < 1.29 is 23.8 Å². The number of hydrogen-bond donors (Lipinski definition) is 1. The maximum atomic E-state index is 13.3. The molecular weight excluding hydrogens is 372 g/mol. The first kappa shape index (κ1) is 20.5. The number of methoxy groups -OCH3 is 1. The summed E-state index contributed by atoms with van der Waals surface area (Å²) in [5.74, 6) is 1.06. The molecule has 0 spiro atoms. The van der Waals surface area contributed by atoms with E-state index >= 15 is 0 Å². The van der Waals surface area contributed by atoms with Crippen molar-refractivity contribution in [2.75, 3.05) is 32.2 Å². The number of amides is 2. The van der Waals surface area contributed by atoms with Crippen LogP contribution in [0, 0.1) is 0 Å². The van der Waals surface area contributed by atoms with E-state index in [1.807, 2.05) is 6.07 Å². The molecule has 1 aliphatic heterocycles. The number of carbonyl (C=O) groups is 2. The second-order valence-electron chi connectivity index (χ2n) is 6.67. The van der Waals surface area contributed by atoms with Gasteiger partial charge in [0.1, 0.15) is 5.75 Å². The van der Waals surface area contributed by atoms with Gasteiger partial charge in [0.05, 0.1) is 25.9 Å². The minimum Gasteiger partial charge on any atom is -0.493 e. The van der Waals surface area contributed by atoms with E-state index in [4.69, 9.17) is 14.2 Å². The molecule has 0 radical (unpaired) electrons. The van der Waals surface area contributed by atoms with Crippen molar-refractivity contribution in [2.24, 2.45) is 0 Å². The number of anilines is 1. The average Bonchev–Trinajstić information content (AvgIpc) is 2.77. The Morgan fingerprint density at radius 3 is 2.72 bits per heavy atom. The second kappa shape index (κ2) is 9.32. The molecule has 0 saturated carbocycles. The maximum absolute atomic E-state index is 13.3. The van der Waals surface area contributed by atoms with Gasteiger partial charge in [-0.3, -0.25) is 9.59 Å². The molecule has 1 heterocycles. The first-order chi connectivity index (χ1) is 14.1. The van der Waals surface area contributed by atoms with Crippen molar-refractivity contribution in [1.29, 1.82) is 0 Å². The lowest BCUT2D eigenvalue weighted by molar-refractivity contribution is -0.127.